The zero-order valence-electron chi connectivity index (χ0n) is 13.9. The normalized spacial score (nSPS) is 15.8. The molecule has 0 bridgehead atoms. The molecule has 8 heteroatoms. The molecule has 0 atom stereocenters. The van der Waals surface area contributed by atoms with Crippen LogP contribution in [0.5, 0.6) is 0 Å². The van der Waals surface area contributed by atoms with Gasteiger partial charge in [-0.25, -0.2) is 8.42 Å². The molecular formula is C18H18Cl2N2O3S. The van der Waals surface area contributed by atoms with Gasteiger partial charge in [-0.1, -0.05) is 53.5 Å². The smallest absolute Gasteiger partial charge is 0.244 e. The van der Waals surface area contributed by atoms with Gasteiger partial charge in [-0.2, -0.15) is 4.31 Å². The summed E-state index contributed by atoms with van der Waals surface area (Å²) < 4.78 is 27.0. The quantitative estimate of drug-likeness (QED) is 0.774. The molecule has 1 fully saturated rings. The summed E-state index contributed by atoms with van der Waals surface area (Å²) >= 11 is 11.9. The largest absolute Gasteiger partial charge is 0.340 e. The topological polar surface area (TPSA) is 57.7 Å². The van der Waals surface area contributed by atoms with Crippen LogP contribution >= 0.6 is 23.2 Å². The SMILES string of the molecule is O=C(Cc1ccccc1)N1CCN(S(=O)(=O)c2cc(Cl)ccc2Cl)CC1. The van der Waals surface area contributed by atoms with E-state index in [4.69, 9.17) is 23.2 Å². The molecule has 0 spiro atoms. The summed E-state index contributed by atoms with van der Waals surface area (Å²) in [5, 5.41) is 0.446. The number of carbonyl (C=O) groups is 1. The van der Waals surface area contributed by atoms with Crippen LogP contribution in [-0.2, 0) is 21.2 Å². The number of amides is 1. The average Bonchev–Trinajstić information content (AvgIpc) is 2.64. The number of rotatable bonds is 4. The number of sulfonamides is 1. The lowest BCUT2D eigenvalue weighted by molar-refractivity contribution is -0.131. The highest BCUT2D eigenvalue weighted by Gasteiger charge is 2.31. The maximum Gasteiger partial charge on any atom is 0.244 e. The highest BCUT2D eigenvalue weighted by molar-refractivity contribution is 7.89. The van der Waals surface area contributed by atoms with Crippen LogP contribution in [0.2, 0.25) is 10.0 Å². The number of hydrogen-bond acceptors (Lipinski definition) is 3. The third-order valence-electron chi connectivity index (χ3n) is 4.30. The van der Waals surface area contributed by atoms with Crippen LogP contribution in [0.4, 0.5) is 0 Å². The van der Waals surface area contributed by atoms with E-state index in [9.17, 15) is 13.2 Å². The monoisotopic (exact) mass is 412 g/mol. The molecule has 5 nitrogen and oxygen atoms in total. The number of carbonyl (C=O) groups excluding carboxylic acids is 1. The second-order valence-electron chi connectivity index (χ2n) is 6.02. The van der Waals surface area contributed by atoms with Gasteiger partial charge in [-0.05, 0) is 23.8 Å². The summed E-state index contributed by atoms with van der Waals surface area (Å²) in [6.45, 7) is 1.16. The third-order valence-corrected chi connectivity index (χ3v) is 6.92. The summed E-state index contributed by atoms with van der Waals surface area (Å²) in [5.41, 5.74) is 0.943. The number of benzene rings is 2. The van der Waals surface area contributed by atoms with Crippen LogP contribution in [0.15, 0.2) is 53.4 Å². The van der Waals surface area contributed by atoms with Crippen molar-refractivity contribution in [3.05, 3.63) is 64.1 Å². The molecule has 0 aliphatic carbocycles. The fraction of sp³-hybridized carbons (Fsp3) is 0.278. The minimum atomic E-state index is -3.74. The highest BCUT2D eigenvalue weighted by Crippen LogP contribution is 2.28. The van der Waals surface area contributed by atoms with E-state index in [1.807, 2.05) is 30.3 Å². The average molecular weight is 413 g/mol. The van der Waals surface area contributed by atoms with Gasteiger partial charge in [0.25, 0.3) is 0 Å². The molecule has 1 aliphatic rings. The van der Waals surface area contributed by atoms with Crippen LogP contribution in [0.1, 0.15) is 5.56 Å². The molecule has 2 aromatic carbocycles. The molecule has 0 unspecified atom stereocenters. The predicted molar refractivity (Wildman–Crippen MR) is 102 cm³/mol. The second kappa shape index (κ2) is 7.96. The molecular weight excluding hydrogens is 395 g/mol. The fourth-order valence-electron chi connectivity index (χ4n) is 2.87. The van der Waals surface area contributed by atoms with Crippen molar-refractivity contribution >= 4 is 39.1 Å². The Kier molecular flexibility index (Phi) is 5.87. The number of halogens is 2. The lowest BCUT2D eigenvalue weighted by Crippen LogP contribution is -2.50. The molecule has 1 heterocycles. The summed E-state index contributed by atoms with van der Waals surface area (Å²) in [6.07, 6.45) is 0.313. The first-order valence-corrected chi connectivity index (χ1v) is 10.3. The van der Waals surface area contributed by atoms with Gasteiger partial charge in [-0.15, -0.1) is 0 Å². The van der Waals surface area contributed by atoms with Gasteiger partial charge in [0.2, 0.25) is 15.9 Å². The Labute approximate surface area is 163 Å². The van der Waals surface area contributed by atoms with E-state index in [-0.39, 0.29) is 28.9 Å². The van der Waals surface area contributed by atoms with E-state index >= 15 is 0 Å². The van der Waals surface area contributed by atoms with Crippen LogP contribution in [-0.4, -0.2) is 49.7 Å². The van der Waals surface area contributed by atoms with E-state index in [0.717, 1.165) is 5.56 Å². The van der Waals surface area contributed by atoms with Gasteiger partial charge in [0.1, 0.15) is 4.90 Å². The van der Waals surface area contributed by atoms with Crippen LogP contribution < -0.4 is 0 Å². The van der Waals surface area contributed by atoms with Crippen molar-refractivity contribution in [2.24, 2.45) is 0 Å². The maximum atomic E-state index is 12.8. The van der Waals surface area contributed by atoms with Crippen LogP contribution in [0.3, 0.4) is 0 Å². The fourth-order valence-corrected chi connectivity index (χ4v) is 5.03. The molecule has 0 aromatic heterocycles. The van der Waals surface area contributed by atoms with Crippen molar-refractivity contribution in [1.82, 2.24) is 9.21 Å². The van der Waals surface area contributed by atoms with Gasteiger partial charge < -0.3 is 4.90 Å². The zero-order chi connectivity index (χ0) is 18.7. The standard InChI is InChI=1S/C18H18Cl2N2O3S/c19-15-6-7-16(20)17(13-15)26(24,25)22-10-8-21(9-11-22)18(23)12-14-4-2-1-3-5-14/h1-7,13H,8-12H2. The second-order valence-corrected chi connectivity index (χ2v) is 8.77. The van der Waals surface area contributed by atoms with Crippen molar-refractivity contribution in [2.75, 3.05) is 26.2 Å². The van der Waals surface area contributed by atoms with Crippen LogP contribution in [0.25, 0.3) is 0 Å². The summed E-state index contributed by atoms with van der Waals surface area (Å²) in [6, 6.07) is 13.9. The van der Waals surface area contributed by atoms with E-state index < -0.39 is 10.0 Å². The minimum absolute atomic E-state index is 0.00395. The Morgan fingerprint density at radius 3 is 2.27 bits per heavy atom. The molecule has 0 saturated carbocycles. The first-order valence-electron chi connectivity index (χ1n) is 8.15. The van der Waals surface area contributed by atoms with Gasteiger partial charge in [0, 0.05) is 31.2 Å². The van der Waals surface area contributed by atoms with Gasteiger partial charge in [0.15, 0.2) is 0 Å². The lowest BCUT2D eigenvalue weighted by atomic mass is 10.1. The van der Waals surface area contributed by atoms with Gasteiger partial charge >= 0.3 is 0 Å². The summed E-state index contributed by atoms with van der Waals surface area (Å²) in [7, 11) is -3.74. The molecule has 2 aromatic rings. The number of hydrogen-bond donors (Lipinski definition) is 0. The molecule has 138 valence electrons. The number of nitrogens with zero attached hydrogens (tertiary/aromatic N) is 2. The Hall–Kier alpha value is -1.60. The molecule has 3 rings (SSSR count). The van der Waals surface area contributed by atoms with E-state index in [0.29, 0.717) is 24.5 Å². The first-order chi connectivity index (χ1) is 12.4. The Morgan fingerprint density at radius 2 is 1.62 bits per heavy atom. The first kappa shape index (κ1) is 19.2. The van der Waals surface area contributed by atoms with Crippen molar-refractivity contribution < 1.29 is 13.2 Å². The van der Waals surface area contributed by atoms with E-state index in [1.54, 1.807) is 11.0 Å². The zero-order valence-corrected chi connectivity index (χ0v) is 16.3. The van der Waals surface area contributed by atoms with Crippen molar-refractivity contribution in [3.8, 4) is 0 Å². The molecule has 0 N–H and O–H groups in total. The maximum absolute atomic E-state index is 12.8. The Bertz CT molecular complexity index is 896. The molecule has 1 saturated heterocycles. The number of piperazine rings is 1. The molecule has 1 amide bonds. The van der Waals surface area contributed by atoms with Crippen molar-refractivity contribution in [1.29, 1.82) is 0 Å². The molecule has 26 heavy (non-hydrogen) atoms. The van der Waals surface area contributed by atoms with E-state index in [1.165, 1.54) is 16.4 Å². The summed E-state index contributed by atoms with van der Waals surface area (Å²) in [5.74, 6) is -0.00552. The highest BCUT2D eigenvalue weighted by atomic mass is 35.5. The predicted octanol–water partition coefficient (Wildman–Crippen LogP) is 3.07. The van der Waals surface area contributed by atoms with E-state index in [2.05, 4.69) is 0 Å². The molecule has 1 aliphatic heterocycles. The van der Waals surface area contributed by atoms with Crippen LogP contribution in [0, 0.1) is 0 Å². The Morgan fingerprint density at radius 1 is 0.962 bits per heavy atom. The summed E-state index contributed by atoms with van der Waals surface area (Å²) in [4.78, 5) is 14.1. The molecule has 0 radical (unpaired) electrons. The third kappa shape index (κ3) is 4.20. The van der Waals surface area contributed by atoms with Crippen molar-refractivity contribution in [3.63, 3.8) is 0 Å². The minimum Gasteiger partial charge on any atom is -0.340 e. The van der Waals surface area contributed by atoms with Gasteiger partial charge in [0.05, 0.1) is 11.4 Å². The van der Waals surface area contributed by atoms with Gasteiger partial charge in [-0.3, -0.25) is 4.79 Å². The van der Waals surface area contributed by atoms with Crippen molar-refractivity contribution in [2.45, 2.75) is 11.3 Å². The Balaban J connectivity index is 1.66. The lowest BCUT2D eigenvalue weighted by Gasteiger charge is -2.34.